The number of nitrogens with one attached hydrogen (secondary N) is 1. The quantitative estimate of drug-likeness (QED) is 0.784. The van der Waals surface area contributed by atoms with E-state index in [1.165, 1.54) is 32.1 Å². The van der Waals surface area contributed by atoms with Crippen molar-refractivity contribution in [2.24, 2.45) is 0 Å². The van der Waals surface area contributed by atoms with E-state index >= 15 is 0 Å². The highest BCUT2D eigenvalue weighted by molar-refractivity contribution is 5.30. The third-order valence-electron chi connectivity index (χ3n) is 4.43. The standard InChI is InChI=1S/C16H28N4O/c1-3-20-13-11-18-15(16(20)21)17-10-7-12-19(2)14-8-5-4-6-9-14/h11,13-14H,3-10,12H2,1-2H3,(H,17,18). The summed E-state index contributed by atoms with van der Waals surface area (Å²) in [6.07, 6.45) is 11.3. The van der Waals surface area contributed by atoms with Gasteiger partial charge in [0.1, 0.15) is 0 Å². The Morgan fingerprint density at radius 2 is 2.14 bits per heavy atom. The van der Waals surface area contributed by atoms with Crippen molar-refractivity contribution in [3.63, 3.8) is 0 Å². The zero-order valence-corrected chi connectivity index (χ0v) is 13.3. The van der Waals surface area contributed by atoms with E-state index in [0.717, 1.165) is 25.6 Å². The number of nitrogens with zero attached hydrogens (tertiary/aromatic N) is 3. The van der Waals surface area contributed by atoms with Crippen LogP contribution in [-0.2, 0) is 6.54 Å². The molecular weight excluding hydrogens is 264 g/mol. The van der Waals surface area contributed by atoms with Gasteiger partial charge >= 0.3 is 0 Å². The summed E-state index contributed by atoms with van der Waals surface area (Å²) in [5, 5.41) is 3.17. The van der Waals surface area contributed by atoms with E-state index in [1.807, 2.05) is 6.92 Å². The van der Waals surface area contributed by atoms with Crippen LogP contribution >= 0.6 is 0 Å². The number of hydrogen-bond acceptors (Lipinski definition) is 4. The summed E-state index contributed by atoms with van der Waals surface area (Å²) in [5.41, 5.74) is -0.0272. The average Bonchev–Trinajstić information content (AvgIpc) is 2.53. The normalized spacial score (nSPS) is 16.3. The minimum Gasteiger partial charge on any atom is -0.365 e. The lowest BCUT2D eigenvalue weighted by atomic mass is 9.94. The van der Waals surface area contributed by atoms with Gasteiger partial charge < -0.3 is 14.8 Å². The molecule has 0 unspecified atom stereocenters. The van der Waals surface area contributed by atoms with Crippen LogP contribution in [0.2, 0.25) is 0 Å². The monoisotopic (exact) mass is 292 g/mol. The summed E-state index contributed by atoms with van der Waals surface area (Å²) in [7, 11) is 2.22. The zero-order chi connectivity index (χ0) is 15.1. The number of aryl methyl sites for hydroxylation is 1. The molecular formula is C16H28N4O. The molecule has 5 heteroatoms. The molecule has 0 saturated heterocycles. The van der Waals surface area contributed by atoms with Crippen molar-refractivity contribution in [2.75, 3.05) is 25.5 Å². The fourth-order valence-electron chi connectivity index (χ4n) is 3.06. The number of hydrogen-bond donors (Lipinski definition) is 1. The first kappa shape index (κ1) is 16.0. The highest BCUT2D eigenvalue weighted by Gasteiger charge is 2.17. The van der Waals surface area contributed by atoms with Crippen LogP contribution in [0.25, 0.3) is 0 Å². The van der Waals surface area contributed by atoms with Gasteiger partial charge in [0.05, 0.1) is 0 Å². The average molecular weight is 292 g/mol. The summed E-state index contributed by atoms with van der Waals surface area (Å²) in [6.45, 7) is 4.52. The molecule has 0 spiro atoms. The van der Waals surface area contributed by atoms with E-state index in [2.05, 4.69) is 22.2 Å². The first-order valence-electron chi connectivity index (χ1n) is 8.22. The fraction of sp³-hybridized carbons (Fsp3) is 0.750. The molecule has 0 radical (unpaired) electrons. The van der Waals surface area contributed by atoms with E-state index in [1.54, 1.807) is 17.0 Å². The van der Waals surface area contributed by atoms with Crippen molar-refractivity contribution < 1.29 is 0 Å². The summed E-state index contributed by atoms with van der Waals surface area (Å²) in [6, 6.07) is 0.755. The summed E-state index contributed by atoms with van der Waals surface area (Å²) < 4.78 is 1.67. The molecule has 1 aromatic rings. The fourth-order valence-corrected chi connectivity index (χ4v) is 3.06. The van der Waals surface area contributed by atoms with Crippen LogP contribution < -0.4 is 10.9 Å². The molecule has 1 aromatic heterocycles. The van der Waals surface area contributed by atoms with E-state index in [4.69, 9.17) is 0 Å². The molecule has 2 rings (SSSR count). The Labute approximate surface area is 127 Å². The van der Waals surface area contributed by atoms with Crippen molar-refractivity contribution in [1.82, 2.24) is 14.5 Å². The first-order valence-corrected chi connectivity index (χ1v) is 8.22. The molecule has 1 fully saturated rings. The van der Waals surface area contributed by atoms with Crippen molar-refractivity contribution in [3.05, 3.63) is 22.7 Å². The van der Waals surface area contributed by atoms with Gasteiger partial charge in [0.2, 0.25) is 0 Å². The van der Waals surface area contributed by atoms with Gasteiger partial charge in [-0.25, -0.2) is 4.98 Å². The van der Waals surface area contributed by atoms with Crippen molar-refractivity contribution in [1.29, 1.82) is 0 Å². The largest absolute Gasteiger partial charge is 0.365 e. The second-order valence-electron chi connectivity index (χ2n) is 5.92. The van der Waals surface area contributed by atoms with E-state index in [9.17, 15) is 4.79 Å². The molecule has 118 valence electrons. The predicted molar refractivity (Wildman–Crippen MR) is 86.8 cm³/mol. The van der Waals surface area contributed by atoms with Crippen LogP contribution in [0.15, 0.2) is 17.2 Å². The van der Waals surface area contributed by atoms with Gasteiger partial charge in [0.15, 0.2) is 5.82 Å². The molecule has 5 nitrogen and oxygen atoms in total. The molecule has 0 bridgehead atoms. The van der Waals surface area contributed by atoms with Gasteiger partial charge in [0.25, 0.3) is 5.56 Å². The minimum absolute atomic E-state index is 0.0272. The second kappa shape index (κ2) is 8.17. The molecule has 0 atom stereocenters. The Balaban J connectivity index is 1.73. The molecule has 1 heterocycles. The molecule has 21 heavy (non-hydrogen) atoms. The molecule has 1 aliphatic rings. The smallest absolute Gasteiger partial charge is 0.293 e. The van der Waals surface area contributed by atoms with Gasteiger partial charge in [-0.1, -0.05) is 19.3 Å². The highest BCUT2D eigenvalue weighted by Crippen LogP contribution is 2.21. The summed E-state index contributed by atoms with van der Waals surface area (Å²) in [5.74, 6) is 0.472. The van der Waals surface area contributed by atoms with Crippen LogP contribution in [-0.4, -0.2) is 40.6 Å². The van der Waals surface area contributed by atoms with Crippen LogP contribution in [0.1, 0.15) is 45.4 Å². The van der Waals surface area contributed by atoms with Crippen LogP contribution in [0, 0.1) is 0 Å². The molecule has 0 aliphatic heterocycles. The highest BCUT2D eigenvalue weighted by atomic mass is 16.1. The van der Waals surface area contributed by atoms with Gasteiger partial charge in [0, 0.05) is 31.5 Å². The number of aromatic nitrogens is 2. The Bertz CT molecular complexity index is 479. The molecule has 0 aromatic carbocycles. The lowest BCUT2D eigenvalue weighted by Gasteiger charge is -2.31. The second-order valence-corrected chi connectivity index (χ2v) is 5.92. The predicted octanol–water partition coefficient (Wildman–Crippen LogP) is 2.33. The summed E-state index contributed by atoms with van der Waals surface area (Å²) in [4.78, 5) is 18.6. The maximum Gasteiger partial charge on any atom is 0.293 e. The van der Waals surface area contributed by atoms with Gasteiger partial charge in [-0.15, -0.1) is 0 Å². The lowest BCUT2D eigenvalue weighted by molar-refractivity contribution is 0.191. The Morgan fingerprint density at radius 3 is 2.86 bits per heavy atom. The van der Waals surface area contributed by atoms with E-state index < -0.39 is 0 Å². The van der Waals surface area contributed by atoms with Gasteiger partial charge in [-0.05, 0) is 39.8 Å². The minimum atomic E-state index is -0.0272. The van der Waals surface area contributed by atoms with Crippen molar-refractivity contribution in [2.45, 2.75) is 58.0 Å². The first-order chi connectivity index (χ1) is 10.2. The van der Waals surface area contributed by atoms with Crippen molar-refractivity contribution >= 4 is 5.82 Å². The van der Waals surface area contributed by atoms with Gasteiger partial charge in [-0.2, -0.15) is 0 Å². The number of rotatable bonds is 7. The Morgan fingerprint density at radius 1 is 1.38 bits per heavy atom. The molecule has 1 aliphatic carbocycles. The molecule has 0 amide bonds. The third kappa shape index (κ3) is 4.56. The topological polar surface area (TPSA) is 50.2 Å². The third-order valence-corrected chi connectivity index (χ3v) is 4.43. The van der Waals surface area contributed by atoms with Crippen molar-refractivity contribution in [3.8, 4) is 0 Å². The van der Waals surface area contributed by atoms with E-state index in [-0.39, 0.29) is 5.56 Å². The zero-order valence-electron chi connectivity index (χ0n) is 13.3. The molecule has 1 N–H and O–H groups in total. The maximum absolute atomic E-state index is 12.0. The summed E-state index contributed by atoms with van der Waals surface area (Å²) >= 11 is 0. The van der Waals surface area contributed by atoms with Crippen LogP contribution in [0.3, 0.4) is 0 Å². The van der Waals surface area contributed by atoms with Gasteiger partial charge in [-0.3, -0.25) is 4.79 Å². The number of anilines is 1. The SMILES string of the molecule is CCn1ccnc(NCCCN(C)C2CCCCC2)c1=O. The lowest BCUT2D eigenvalue weighted by Crippen LogP contribution is -2.35. The van der Waals surface area contributed by atoms with Crippen LogP contribution in [0.4, 0.5) is 5.82 Å². The Kier molecular flexibility index (Phi) is 6.23. The Hall–Kier alpha value is -1.36. The maximum atomic E-state index is 12.0. The van der Waals surface area contributed by atoms with E-state index in [0.29, 0.717) is 12.4 Å². The van der Waals surface area contributed by atoms with Crippen LogP contribution in [0.5, 0.6) is 0 Å². The molecule has 1 saturated carbocycles.